The average Bonchev–Trinajstić information content (AvgIpc) is 2.62. The Morgan fingerprint density at radius 1 is 1.23 bits per heavy atom. The first-order valence-electron chi connectivity index (χ1n) is 7.83. The number of ether oxygens (including phenoxy) is 2. The molecule has 1 aliphatic heterocycles. The molecule has 9 atom stereocenters. The standard InChI is InChI=1S/C14H25NO11/c1-5(19)15-9-12(24)11(23)8(4-18)25-14(9)26-13(7(21)3-17)10(22)6(20)2-16/h2,6-14,17-18,20-24H,3-4H2,1H3,(H,15,19)/t6-,7+,8+,9+,10-,11+,12+,13-,14+/m0/s1. The molecule has 1 heterocycles. The van der Waals surface area contributed by atoms with Crippen molar-refractivity contribution in [1.29, 1.82) is 0 Å². The number of rotatable bonds is 9. The smallest absolute Gasteiger partial charge is 0.217 e. The van der Waals surface area contributed by atoms with Crippen LogP contribution in [0.15, 0.2) is 0 Å². The minimum Gasteiger partial charge on any atom is -0.394 e. The highest BCUT2D eigenvalue weighted by Gasteiger charge is 2.47. The van der Waals surface area contributed by atoms with Gasteiger partial charge in [-0.05, 0) is 0 Å². The number of aliphatic hydroxyl groups is 7. The maximum atomic E-state index is 11.3. The maximum Gasteiger partial charge on any atom is 0.217 e. The highest BCUT2D eigenvalue weighted by atomic mass is 16.7. The van der Waals surface area contributed by atoms with Crippen molar-refractivity contribution in [2.45, 2.75) is 62.0 Å². The molecule has 1 aliphatic rings. The van der Waals surface area contributed by atoms with E-state index in [1.54, 1.807) is 0 Å². The summed E-state index contributed by atoms with van der Waals surface area (Å²) in [6.45, 7) is -0.531. The second kappa shape index (κ2) is 10.2. The first-order valence-corrected chi connectivity index (χ1v) is 7.83. The van der Waals surface area contributed by atoms with Gasteiger partial charge in [0.15, 0.2) is 12.6 Å². The molecule has 26 heavy (non-hydrogen) atoms. The van der Waals surface area contributed by atoms with Crippen molar-refractivity contribution >= 4 is 12.2 Å². The topological polar surface area (TPSA) is 206 Å². The van der Waals surface area contributed by atoms with Crippen molar-refractivity contribution in [3.05, 3.63) is 0 Å². The summed E-state index contributed by atoms with van der Waals surface area (Å²) in [5.41, 5.74) is 0. The SMILES string of the molecule is CC(=O)N[C@H]1[C@@H](O[C@H]([C@@H](O)[C@@H](O)C=O)[C@H](O)CO)O[C@H](CO)[C@@H](O)[C@@H]1O. The molecule has 1 fully saturated rings. The van der Waals surface area contributed by atoms with Crippen molar-refractivity contribution in [1.82, 2.24) is 5.32 Å². The van der Waals surface area contributed by atoms with Crippen LogP contribution in [0.1, 0.15) is 6.92 Å². The van der Waals surface area contributed by atoms with Crippen LogP contribution in [0, 0.1) is 0 Å². The molecule has 152 valence electrons. The van der Waals surface area contributed by atoms with Crippen molar-refractivity contribution in [2.75, 3.05) is 13.2 Å². The third kappa shape index (κ3) is 5.39. The molecule has 1 saturated heterocycles. The highest BCUT2D eigenvalue weighted by molar-refractivity contribution is 5.73. The normalized spacial score (nSPS) is 33.8. The largest absolute Gasteiger partial charge is 0.394 e. The molecule has 0 aromatic carbocycles. The molecule has 12 nitrogen and oxygen atoms in total. The lowest BCUT2D eigenvalue weighted by Gasteiger charge is -2.44. The Morgan fingerprint density at radius 2 is 1.85 bits per heavy atom. The predicted octanol–water partition coefficient (Wildman–Crippen LogP) is -5.41. The fourth-order valence-electron chi connectivity index (χ4n) is 2.52. The molecule has 0 aliphatic carbocycles. The maximum absolute atomic E-state index is 11.3. The first-order chi connectivity index (χ1) is 12.2. The van der Waals surface area contributed by atoms with Gasteiger partial charge in [0.1, 0.15) is 48.8 Å². The minimum atomic E-state index is -1.98. The van der Waals surface area contributed by atoms with E-state index < -0.39 is 74.2 Å². The molecule has 8 N–H and O–H groups in total. The fourth-order valence-corrected chi connectivity index (χ4v) is 2.52. The van der Waals surface area contributed by atoms with Crippen LogP contribution in [0.25, 0.3) is 0 Å². The van der Waals surface area contributed by atoms with Gasteiger partial charge in [-0.2, -0.15) is 0 Å². The van der Waals surface area contributed by atoms with Gasteiger partial charge in [0.2, 0.25) is 5.91 Å². The van der Waals surface area contributed by atoms with Crippen molar-refractivity contribution < 1.29 is 54.8 Å². The van der Waals surface area contributed by atoms with Crippen LogP contribution in [0.3, 0.4) is 0 Å². The Morgan fingerprint density at radius 3 is 2.31 bits per heavy atom. The summed E-state index contributed by atoms with van der Waals surface area (Å²) in [6.07, 6.45) is -13.6. The monoisotopic (exact) mass is 383 g/mol. The molecule has 0 radical (unpaired) electrons. The van der Waals surface area contributed by atoms with Crippen molar-refractivity contribution in [3.63, 3.8) is 0 Å². The number of carbonyl (C=O) groups excluding carboxylic acids is 2. The van der Waals surface area contributed by atoms with E-state index in [9.17, 15) is 40.2 Å². The molecule has 0 spiro atoms. The zero-order valence-electron chi connectivity index (χ0n) is 14.0. The Balaban J connectivity index is 3.09. The summed E-state index contributed by atoms with van der Waals surface area (Å²) in [7, 11) is 0. The van der Waals surface area contributed by atoms with Gasteiger partial charge >= 0.3 is 0 Å². The number of amides is 1. The molecule has 12 heteroatoms. The van der Waals surface area contributed by atoms with Crippen LogP contribution in [-0.2, 0) is 19.1 Å². The Kier molecular flexibility index (Phi) is 8.95. The van der Waals surface area contributed by atoms with E-state index in [1.165, 1.54) is 0 Å². The van der Waals surface area contributed by atoms with Crippen LogP contribution in [0.4, 0.5) is 0 Å². The molecular weight excluding hydrogens is 358 g/mol. The summed E-state index contributed by atoms with van der Waals surface area (Å²) in [4.78, 5) is 22.0. The lowest BCUT2D eigenvalue weighted by molar-refractivity contribution is -0.301. The van der Waals surface area contributed by atoms with Crippen LogP contribution in [0.5, 0.6) is 0 Å². The third-order valence-corrected chi connectivity index (χ3v) is 3.93. The van der Waals surface area contributed by atoms with E-state index in [4.69, 9.17) is 14.6 Å². The lowest BCUT2D eigenvalue weighted by Crippen LogP contribution is -2.66. The molecule has 0 aromatic rings. The Labute approximate surface area is 148 Å². The van der Waals surface area contributed by atoms with Gasteiger partial charge in [-0.25, -0.2) is 0 Å². The zero-order valence-corrected chi connectivity index (χ0v) is 14.0. The summed E-state index contributed by atoms with van der Waals surface area (Å²) in [6, 6.07) is -1.38. The van der Waals surface area contributed by atoms with E-state index >= 15 is 0 Å². The summed E-state index contributed by atoms with van der Waals surface area (Å²) < 4.78 is 10.5. The molecule has 0 saturated carbocycles. The summed E-state index contributed by atoms with van der Waals surface area (Å²) in [5, 5.41) is 69.8. The fraction of sp³-hybridized carbons (Fsp3) is 0.857. The Hall–Kier alpha value is -1.22. The highest BCUT2D eigenvalue weighted by Crippen LogP contribution is 2.25. The first kappa shape index (κ1) is 22.8. The van der Waals surface area contributed by atoms with Crippen LogP contribution in [0.2, 0.25) is 0 Å². The van der Waals surface area contributed by atoms with Crippen molar-refractivity contribution in [2.24, 2.45) is 0 Å². The van der Waals surface area contributed by atoms with E-state index in [-0.39, 0.29) is 6.29 Å². The minimum absolute atomic E-state index is 0.0206. The zero-order chi connectivity index (χ0) is 20.0. The van der Waals surface area contributed by atoms with Gasteiger partial charge in [0.25, 0.3) is 0 Å². The number of hydrogen-bond acceptors (Lipinski definition) is 11. The number of hydrogen-bond donors (Lipinski definition) is 8. The van der Waals surface area contributed by atoms with E-state index in [0.29, 0.717) is 0 Å². The van der Waals surface area contributed by atoms with E-state index in [1.807, 2.05) is 0 Å². The van der Waals surface area contributed by atoms with Crippen LogP contribution in [-0.4, -0.2) is 116 Å². The van der Waals surface area contributed by atoms with Gasteiger partial charge in [0, 0.05) is 6.92 Å². The van der Waals surface area contributed by atoms with E-state index in [0.717, 1.165) is 6.92 Å². The quantitative estimate of drug-likeness (QED) is 0.176. The van der Waals surface area contributed by atoms with Gasteiger partial charge in [-0.15, -0.1) is 0 Å². The van der Waals surface area contributed by atoms with Crippen molar-refractivity contribution in [3.8, 4) is 0 Å². The molecule has 0 unspecified atom stereocenters. The van der Waals surface area contributed by atoms with Gasteiger partial charge in [0.05, 0.1) is 13.2 Å². The molecule has 1 rings (SSSR count). The average molecular weight is 383 g/mol. The molecule has 0 aromatic heterocycles. The third-order valence-electron chi connectivity index (χ3n) is 3.93. The number of nitrogens with one attached hydrogen (secondary N) is 1. The van der Waals surface area contributed by atoms with Gasteiger partial charge in [-0.1, -0.05) is 0 Å². The Bertz CT molecular complexity index is 464. The van der Waals surface area contributed by atoms with Crippen LogP contribution >= 0.6 is 0 Å². The number of aldehydes is 1. The van der Waals surface area contributed by atoms with E-state index in [2.05, 4.69) is 5.32 Å². The van der Waals surface area contributed by atoms with Gasteiger partial charge in [-0.3, -0.25) is 4.79 Å². The molecule has 0 bridgehead atoms. The number of carbonyl (C=O) groups is 2. The molecule has 1 amide bonds. The second-order valence-electron chi connectivity index (χ2n) is 5.90. The predicted molar refractivity (Wildman–Crippen MR) is 81.4 cm³/mol. The van der Waals surface area contributed by atoms with Crippen LogP contribution < -0.4 is 5.32 Å². The lowest BCUT2D eigenvalue weighted by atomic mass is 9.96. The molecular formula is C14H25NO11. The number of aliphatic hydroxyl groups excluding tert-OH is 7. The summed E-state index contributed by atoms with van der Waals surface area (Å²) in [5.74, 6) is -0.631. The second-order valence-corrected chi connectivity index (χ2v) is 5.90. The summed E-state index contributed by atoms with van der Waals surface area (Å²) >= 11 is 0. The van der Waals surface area contributed by atoms with Gasteiger partial charge < -0.3 is 55.3 Å².